The van der Waals surface area contributed by atoms with E-state index >= 15 is 0 Å². The van der Waals surface area contributed by atoms with Crippen molar-refractivity contribution in [2.24, 2.45) is 0 Å². The molecule has 0 saturated heterocycles. The minimum absolute atomic E-state index is 0.182. The molecule has 1 aromatic heterocycles. The number of hydrogen-bond acceptors (Lipinski definition) is 3. The summed E-state index contributed by atoms with van der Waals surface area (Å²) in [7, 11) is -1.87. The molecule has 0 spiro atoms. The number of aromatic nitrogens is 1. The Labute approximate surface area is 191 Å². The van der Waals surface area contributed by atoms with Crippen LogP contribution in [-0.2, 0) is 6.16 Å². The summed E-state index contributed by atoms with van der Waals surface area (Å²) in [5.74, 6) is -2.34. The van der Waals surface area contributed by atoms with Gasteiger partial charge >= 0.3 is 192 Å². The first kappa shape index (κ1) is 27.4. The van der Waals surface area contributed by atoms with E-state index in [1.54, 1.807) is 11.3 Å². The zero-order valence-corrected chi connectivity index (χ0v) is 24.1. The van der Waals surface area contributed by atoms with Crippen molar-refractivity contribution in [3.8, 4) is 5.19 Å². The third-order valence-electron chi connectivity index (χ3n) is 6.78. The predicted octanol–water partition coefficient (Wildman–Crippen LogP) is 9.44. The van der Waals surface area contributed by atoms with Gasteiger partial charge in [0, 0.05) is 0 Å². The van der Waals surface area contributed by atoms with E-state index in [2.05, 4.69) is 61.6 Å². The van der Waals surface area contributed by atoms with Crippen molar-refractivity contribution in [1.29, 1.82) is 0 Å². The van der Waals surface area contributed by atoms with Gasteiger partial charge in [0.1, 0.15) is 0 Å². The Morgan fingerprint density at radius 2 is 1.41 bits per heavy atom. The first-order valence-corrected chi connectivity index (χ1v) is 19.3. The third kappa shape index (κ3) is 7.77. The summed E-state index contributed by atoms with van der Waals surface area (Å²) in [4.78, 5) is 6.35. The average Bonchev–Trinajstić information content (AvgIpc) is 2.94. The van der Waals surface area contributed by atoms with Gasteiger partial charge in [-0.1, -0.05) is 0 Å². The molecule has 0 aliphatic heterocycles. The van der Waals surface area contributed by atoms with Crippen molar-refractivity contribution < 1.29 is 4.43 Å². The topological polar surface area (TPSA) is 22.1 Å². The number of unbranched alkanes of at least 4 members (excludes halogenated alkanes) is 3. The Morgan fingerprint density at radius 1 is 0.966 bits per heavy atom. The molecule has 2 nitrogen and oxygen atoms in total. The number of rotatable bonds is 13. The number of halogens is 1. The fraction of sp³-hybridized carbons (Fsp3) is 0.870. The Balaban J connectivity index is 3.23. The van der Waals surface area contributed by atoms with Crippen LogP contribution in [-0.4, -0.2) is 31.8 Å². The van der Waals surface area contributed by atoms with Gasteiger partial charge in [0.15, 0.2) is 0 Å². The van der Waals surface area contributed by atoms with Gasteiger partial charge in [0.05, 0.1) is 0 Å². The molecule has 0 aromatic carbocycles. The molecule has 1 rings (SSSR count). The van der Waals surface area contributed by atoms with Crippen molar-refractivity contribution in [3.63, 3.8) is 0 Å². The van der Waals surface area contributed by atoms with Crippen LogP contribution in [0.4, 0.5) is 0 Å². The number of aryl methyl sites for hydroxylation is 1. The number of thiazole rings is 1. The molecule has 0 unspecified atom stereocenters. The molecular weight excluding hydrogens is 433 g/mol. The van der Waals surface area contributed by atoms with E-state index in [-0.39, 0.29) is 5.04 Å². The Bertz CT molecular complexity index is 617. The minimum atomic E-state index is -2.34. The van der Waals surface area contributed by atoms with Crippen LogP contribution in [0.5, 0.6) is 5.19 Å². The molecule has 0 aliphatic rings. The number of nitrogens with zero attached hydrogens (tertiary/aromatic N) is 1. The second-order valence-electron chi connectivity index (χ2n) is 10.6. The van der Waals surface area contributed by atoms with Gasteiger partial charge in [-0.3, -0.25) is 0 Å². The van der Waals surface area contributed by atoms with Crippen molar-refractivity contribution in [2.45, 2.75) is 111 Å². The van der Waals surface area contributed by atoms with E-state index in [1.165, 1.54) is 67.6 Å². The van der Waals surface area contributed by atoms with Crippen molar-refractivity contribution in [1.82, 2.24) is 4.98 Å². The second-order valence-corrected chi connectivity index (χ2v) is 24.6. The van der Waals surface area contributed by atoms with E-state index in [1.807, 2.05) is 0 Å². The van der Waals surface area contributed by atoms with Gasteiger partial charge in [-0.25, -0.2) is 0 Å². The molecule has 1 aromatic rings. The molecule has 29 heavy (non-hydrogen) atoms. The van der Waals surface area contributed by atoms with Crippen LogP contribution in [0.15, 0.2) is 0 Å². The maximum absolute atomic E-state index is 7.82. The van der Waals surface area contributed by atoms with Crippen molar-refractivity contribution >= 4 is 36.9 Å². The predicted molar refractivity (Wildman–Crippen MR) is 140 cm³/mol. The van der Waals surface area contributed by atoms with Gasteiger partial charge in [0.2, 0.25) is 0 Å². The fourth-order valence-corrected chi connectivity index (χ4v) is 12.8. The Hall–Kier alpha value is 0.367. The second kappa shape index (κ2) is 10.8. The zero-order chi connectivity index (χ0) is 22.4. The summed E-state index contributed by atoms with van der Waals surface area (Å²) in [5, 5.41) is 1.05. The van der Waals surface area contributed by atoms with Crippen molar-refractivity contribution in [3.05, 3.63) is 10.6 Å². The molecule has 1 heterocycles. The molecule has 0 fully saturated rings. The van der Waals surface area contributed by atoms with E-state index in [9.17, 15) is 0 Å². The molecule has 0 bridgehead atoms. The van der Waals surface area contributed by atoms with Crippen LogP contribution >= 0.6 is 28.5 Å². The summed E-state index contributed by atoms with van der Waals surface area (Å²) in [6.45, 7) is 20.5. The van der Waals surface area contributed by atoms with Crippen LogP contribution in [0, 0.1) is 6.92 Å². The first-order chi connectivity index (χ1) is 13.3. The van der Waals surface area contributed by atoms with Gasteiger partial charge in [-0.05, 0) is 0 Å². The van der Waals surface area contributed by atoms with Crippen LogP contribution in [0.3, 0.4) is 0 Å². The van der Waals surface area contributed by atoms with E-state index in [0.717, 1.165) is 11.4 Å². The summed E-state index contributed by atoms with van der Waals surface area (Å²) < 4.78 is 6.54. The molecule has 6 heteroatoms. The summed E-state index contributed by atoms with van der Waals surface area (Å²) in [6.07, 6.45) is 12.0. The van der Waals surface area contributed by atoms with Crippen LogP contribution in [0.1, 0.15) is 90.6 Å². The van der Waals surface area contributed by atoms with Crippen LogP contribution in [0.25, 0.3) is 0 Å². The Morgan fingerprint density at radius 3 is 1.79 bits per heavy atom. The summed E-state index contributed by atoms with van der Waals surface area (Å²) in [5.41, 5.74) is 1.22. The average molecular weight is 480 g/mol. The standard InChI is InChI=1S/C23H47ClNOPSSi/c1-10-13-16-27(24,17-14-11-2,18-15-12-3)19-21-20(4)28-22(25-21)26-29(8,9)23(5,6)7/h10-19H2,1-9H3. The molecule has 0 amide bonds. The van der Waals surface area contributed by atoms with Gasteiger partial charge in [-0.15, -0.1) is 0 Å². The molecule has 0 N–H and O–H groups in total. The summed E-state index contributed by atoms with van der Waals surface area (Å²) in [6, 6.07) is 0. The fourth-order valence-electron chi connectivity index (χ4n) is 3.57. The van der Waals surface area contributed by atoms with Gasteiger partial charge < -0.3 is 0 Å². The quantitative estimate of drug-likeness (QED) is 0.207. The molecular formula is C23H47ClNOPSSi. The maximum atomic E-state index is 7.82. The van der Waals surface area contributed by atoms with E-state index < -0.39 is 14.3 Å². The SMILES string of the molecule is CCCCP(Cl)(CCCC)(CCCC)Cc1nc(O[Si](C)(C)C(C)(C)C)sc1C. The summed E-state index contributed by atoms with van der Waals surface area (Å²) >= 11 is 9.55. The molecule has 0 atom stereocenters. The number of hydrogen-bond donors (Lipinski definition) is 0. The van der Waals surface area contributed by atoms with Gasteiger partial charge in [-0.2, -0.15) is 0 Å². The molecule has 0 radical (unpaired) electrons. The molecule has 0 saturated carbocycles. The molecule has 172 valence electrons. The normalized spacial score (nSPS) is 14.6. The van der Waals surface area contributed by atoms with E-state index in [4.69, 9.17) is 20.7 Å². The zero-order valence-electron chi connectivity index (χ0n) is 20.7. The first-order valence-electron chi connectivity index (χ1n) is 11.7. The van der Waals surface area contributed by atoms with Crippen molar-refractivity contribution in [2.75, 3.05) is 18.5 Å². The van der Waals surface area contributed by atoms with E-state index in [0.29, 0.717) is 0 Å². The van der Waals surface area contributed by atoms with Crippen LogP contribution < -0.4 is 4.43 Å². The third-order valence-corrected chi connectivity index (χ3v) is 19.4. The van der Waals surface area contributed by atoms with Gasteiger partial charge in [0.25, 0.3) is 0 Å². The monoisotopic (exact) mass is 479 g/mol. The molecule has 0 aliphatic carbocycles. The Kier molecular flexibility index (Phi) is 10.2. The van der Waals surface area contributed by atoms with Crippen LogP contribution in [0.2, 0.25) is 18.1 Å².